The van der Waals surface area contributed by atoms with E-state index in [0.717, 1.165) is 48.4 Å². The van der Waals surface area contributed by atoms with Gasteiger partial charge in [0.15, 0.2) is 0 Å². The molecule has 0 spiro atoms. The van der Waals surface area contributed by atoms with Gasteiger partial charge in [0.1, 0.15) is 24.1 Å². The molecule has 0 amide bonds. The van der Waals surface area contributed by atoms with E-state index in [2.05, 4.69) is 5.32 Å². The molecule has 0 aliphatic carbocycles. The van der Waals surface area contributed by atoms with Gasteiger partial charge in [-0.2, -0.15) is 0 Å². The summed E-state index contributed by atoms with van der Waals surface area (Å²) in [5.41, 5.74) is 2.59. The maximum atomic E-state index is 14.2. The van der Waals surface area contributed by atoms with E-state index < -0.39 is 5.79 Å². The Morgan fingerprint density at radius 1 is 1.04 bits per heavy atom. The zero-order chi connectivity index (χ0) is 18.0. The number of piperidine rings is 1. The quantitative estimate of drug-likeness (QED) is 0.893. The predicted molar refractivity (Wildman–Crippen MR) is 97.0 cm³/mol. The van der Waals surface area contributed by atoms with Crippen molar-refractivity contribution in [3.05, 3.63) is 66.4 Å². The third-order valence-electron chi connectivity index (χ3n) is 5.18. The van der Waals surface area contributed by atoms with E-state index in [-0.39, 0.29) is 11.7 Å². The molecule has 2 aromatic carbocycles. The first-order valence-corrected chi connectivity index (χ1v) is 8.89. The molecule has 0 unspecified atom stereocenters. The average Bonchev–Trinajstić information content (AvgIpc) is 3.20. The summed E-state index contributed by atoms with van der Waals surface area (Å²) in [5, 5.41) is 3.36. The molecule has 0 bridgehead atoms. The van der Waals surface area contributed by atoms with Gasteiger partial charge in [-0.1, -0.05) is 18.2 Å². The van der Waals surface area contributed by atoms with E-state index in [0.29, 0.717) is 0 Å². The van der Waals surface area contributed by atoms with Crippen LogP contribution in [0.1, 0.15) is 18.4 Å². The molecule has 2 aliphatic heterocycles. The number of hydrogen-bond acceptors (Lipinski definition) is 4. The van der Waals surface area contributed by atoms with Gasteiger partial charge in [-0.15, -0.1) is 0 Å². The fourth-order valence-corrected chi connectivity index (χ4v) is 3.85. The van der Waals surface area contributed by atoms with Crippen molar-refractivity contribution in [1.82, 2.24) is 5.32 Å². The van der Waals surface area contributed by atoms with E-state index >= 15 is 0 Å². The van der Waals surface area contributed by atoms with Crippen LogP contribution in [0.25, 0.3) is 11.1 Å². The summed E-state index contributed by atoms with van der Waals surface area (Å²) in [6, 6.07) is 12.5. The van der Waals surface area contributed by atoms with Crippen LogP contribution >= 0.6 is 0 Å². The number of methoxy groups -OCH3 is 1. The van der Waals surface area contributed by atoms with Crippen molar-refractivity contribution in [3.63, 3.8) is 0 Å². The van der Waals surface area contributed by atoms with Gasteiger partial charge in [-0.3, -0.25) is 0 Å². The zero-order valence-electron chi connectivity index (χ0n) is 14.7. The number of ether oxygens (including phenoxy) is 3. The van der Waals surface area contributed by atoms with Crippen molar-refractivity contribution in [3.8, 4) is 16.9 Å². The summed E-state index contributed by atoms with van der Waals surface area (Å²) in [4.78, 5) is 0. The van der Waals surface area contributed by atoms with Crippen LogP contribution in [-0.4, -0.2) is 20.2 Å². The Morgan fingerprint density at radius 3 is 2.38 bits per heavy atom. The lowest BCUT2D eigenvalue weighted by Crippen LogP contribution is -2.43. The molecule has 136 valence electrons. The van der Waals surface area contributed by atoms with Gasteiger partial charge in [0.2, 0.25) is 0 Å². The summed E-state index contributed by atoms with van der Waals surface area (Å²) >= 11 is 0. The highest BCUT2D eigenvalue weighted by atomic mass is 19.1. The van der Waals surface area contributed by atoms with Gasteiger partial charge < -0.3 is 19.5 Å². The molecule has 5 heteroatoms. The maximum absolute atomic E-state index is 14.2. The van der Waals surface area contributed by atoms with Gasteiger partial charge in [0.25, 0.3) is 5.79 Å². The minimum Gasteiger partial charge on any atom is -0.497 e. The molecule has 1 saturated heterocycles. The number of rotatable bonds is 4. The van der Waals surface area contributed by atoms with Crippen LogP contribution in [-0.2, 0) is 15.3 Å². The molecule has 2 aromatic rings. The van der Waals surface area contributed by atoms with Crippen molar-refractivity contribution in [2.24, 2.45) is 5.92 Å². The Balaban J connectivity index is 1.81. The molecule has 2 heterocycles. The van der Waals surface area contributed by atoms with Crippen LogP contribution in [0.4, 0.5) is 4.39 Å². The molecule has 0 radical (unpaired) electrons. The van der Waals surface area contributed by atoms with E-state index in [9.17, 15) is 4.39 Å². The standard InChI is InChI=1S/C21H22FNO3/c1-24-18-5-2-15(3-6-18)19-7-4-17(22)14-20(19)21(25-12-13-26-21)16-8-10-23-11-9-16/h2-7,12-14,16,23H,8-11H2,1H3. The van der Waals surface area contributed by atoms with Crippen molar-refractivity contribution in [2.45, 2.75) is 18.6 Å². The Hall–Kier alpha value is -2.53. The number of hydrogen-bond donors (Lipinski definition) is 1. The molecule has 2 aliphatic rings. The lowest BCUT2D eigenvalue weighted by molar-refractivity contribution is -0.196. The zero-order valence-corrected chi connectivity index (χ0v) is 14.7. The normalized spacial score (nSPS) is 19.0. The summed E-state index contributed by atoms with van der Waals surface area (Å²) in [5.74, 6) is -0.373. The lowest BCUT2D eigenvalue weighted by atomic mass is 9.81. The molecule has 0 saturated carbocycles. The summed E-state index contributed by atoms with van der Waals surface area (Å²) in [7, 11) is 1.64. The van der Waals surface area contributed by atoms with Crippen LogP contribution in [0.3, 0.4) is 0 Å². The van der Waals surface area contributed by atoms with E-state index in [1.54, 1.807) is 25.7 Å². The van der Waals surface area contributed by atoms with Gasteiger partial charge in [-0.25, -0.2) is 4.39 Å². The molecule has 26 heavy (non-hydrogen) atoms. The highest BCUT2D eigenvalue weighted by Crippen LogP contribution is 2.46. The Morgan fingerprint density at radius 2 is 1.73 bits per heavy atom. The third-order valence-corrected chi connectivity index (χ3v) is 5.18. The van der Waals surface area contributed by atoms with Crippen molar-refractivity contribution in [2.75, 3.05) is 20.2 Å². The predicted octanol–water partition coefficient (Wildman–Crippen LogP) is 4.17. The fourth-order valence-electron chi connectivity index (χ4n) is 3.85. The molecular formula is C21H22FNO3. The second-order valence-electron chi connectivity index (χ2n) is 6.62. The fraction of sp³-hybridized carbons (Fsp3) is 0.333. The van der Waals surface area contributed by atoms with Crippen LogP contribution in [0, 0.1) is 11.7 Å². The molecular weight excluding hydrogens is 333 g/mol. The molecule has 0 aromatic heterocycles. The van der Waals surface area contributed by atoms with Gasteiger partial charge in [-0.05, 0) is 61.3 Å². The first-order valence-electron chi connectivity index (χ1n) is 8.89. The Labute approximate surface area is 152 Å². The van der Waals surface area contributed by atoms with Crippen LogP contribution < -0.4 is 10.1 Å². The second-order valence-corrected chi connectivity index (χ2v) is 6.62. The van der Waals surface area contributed by atoms with Crippen LogP contribution in [0.2, 0.25) is 0 Å². The van der Waals surface area contributed by atoms with E-state index in [4.69, 9.17) is 14.2 Å². The highest BCUT2D eigenvalue weighted by Gasteiger charge is 2.48. The molecule has 4 rings (SSSR count). The molecule has 4 nitrogen and oxygen atoms in total. The molecule has 1 fully saturated rings. The highest BCUT2D eigenvalue weighted by molar-refractivity contribution is 5.69. The van der Waals surface area contributed by atoms with Crippen LogP contribution in [0.15, 0.2) is 55.0 Å². The number of nitrogens with one attached hydrogen (secondary N) is 1. The smallest absolute Gasteiger partial charge is 0.280 e. The number of halogens is 1. The van der Waals surface area contributed by atoms with Crippen LogP contribution in [0.5, 0.6) is 5.75 Å². The SMILES string of the molecule is COc1ccc(-c2ccc(F)cc2C2(C3CCNCC3)OC=CO2)cc1. The Kier molecular flexibility index (Phi) is 4.55. The van der Waals surface area contributed by atoms with Crippen molar-refractivity contribution >= 4 is 0 Å². The van der Waals surface area contributed by atoms with E-state index in [1.807, 2.05) is 24.3 Å². The summed E-state index contributed by atoms with van der Waals surface area (Å²) in [6.07, 6.45) is 4.93. The van der Waals surface area contributed by atoms with Gasteiger partial charge >= 0.3 is 0 Å². The van der Waals surface area contributed by atoms with Crippen molar-refractivity contribution in [1.29, 1.82) is 0 Å². The lowest BCUT2D eigenvalue weighted by Gasteiger charge is -2.39. The largest absolute Gasteiger partial charge is 0.497 e. The van der Waals surface area contributed by atoms with Crippen molar-refractivity contribution < 1.29 is 18.6 Å². The molecule has 1 N–H and O–H groups in total. The summed E-state index contributed by atoms with van der Waals surface area (Å²) < 4.78 is 31.5. The third kappa shape index (κ3) is 2.92. The average molecular weight is 355 g/mol. The first kappa shape index (κ1) is 16.9. The minimum absolute atomic E-state index is 0.137. The van der Waals surface area contributed by atoms with Gasteiger partial charge in [0, 0.05) is 11.5 Å². The number of benzene rings is 2. The topological polar surface area (TPSA) is 39.7 Å². The monoisotopic (exact) mass is 355 g/mol. The molecule has 0 atom stereocenters. The van der Waals surface area contributed by atoms with E-state index in [1.165, 1.54) is 12.1 Å². The Bertz CT molecular complexity index is 789. The summed E-state index contributed by atoms with van der Waals surface area (Å²) in [6.45, 7) is 1.79. The maximum Gasteiger partial charge on any atom is 0.280 e. The second kappa shape index (κ2) is 7.00. The minimum atomic E-state index is -0.987. The van der Waals surface area contributed by atoms with Gasteiger partial charge in [0.05, 0.1) is 7.11 Å². The first-order chi connectivity index (χ1) is 12.7.